The molecule has 1 fully saturated rings. The van der Waals surface area contributed by atoms with Crippen LogP contribution >= 0.6 is 0 Å². The second kappa shape index (κ2) is 2.93. The molecule has 0 saturated heterocycles. The molecule has 1 aliphatic carbocycles. The van der Waals surface area contributed by atoms with Crippen LogP contribution in [0.1, 0.15) is 33.4 Å². The van der Waals surface area contributed by atoms with Crippen molar-refractivity contribution in [2.75, 3.05) is 11.1 Å². The average molecular weight is 222 g/mol. The van der Waals surface area contributed by atoms with Gasteiger partial charge in [-0.05, 0) is 17.8 Å². The summed E-state index contributed by atoms with van der Waals surface area (Å²) < 4.78 is 1.83. The van der Waals surface area contributed by atoms with Crippen LogP contribution in [0.4, 0.5) is 11.5 Å². The van der Waals surface area contributed by atoms with Gasteiger partial charge >= 0.3 is 0 Å². The first-order chi connectivity index (χ1) is 7.19. The minimum atomic E-state index is 0.303. The van der Waals surface area contributed by atoms with E-state index in [1.807, 2.05) is 18.7 Å². The van der Waals surface area contributed by atoms with Crippen molar-refractivity contribution in [2.24, 2.45) is 17.9 Å². The van der Waals surface area contributed by atoms with Crippen molar-refractivity contribution in [3.63, 3.8) is 0 Å². The van der Waals surface area contributed by atoms with Gasteiger partial charge in [0.25, 0.3) is 0 Å². The Morgan fingerprint density at radius 2 is 1.75 bits per heavy atom. The summed E-state index contributed by atoms with van der Waals surface area (Å²) in [7, 11) is 1.92. The molecule has 0 unspecified atom stereocenters. The van der Waals surface area contributed by atoms with Crippen LogP contribution in [0.15, 0.2) is 0 Å². The molecule has 4 heteroatoms. The molecule has 1 aromatic rings. The average Bonchev–Trinajstić information content (AvgIpc) is 2.39. The van der Waals surface area contributed by atoms with E-state index in [0.29, 0.717) is 16.9 Å². The lowest BCUT2D eigenvalue weighted by Crippen LogP contribution is -2.14. The van der Waals surface area contributed by atoms with Crippen LogP contribution in [-0.4, -0.2) is 15.8 Å². The Morgan fingerprint density at radius 3 is 2.06 bits per heavy atom. The number of nitrogen functional groups attached to an aromatic ring is 1. The Morgan fingerprint density at radius 1 is 1.25 bits per heavy atom. The molecular weight excluding hydrogens is 200 g/mol. The number of nitrogens with one attached hydrogen (secondary N) is 1. The van der Waals surface area contributed by atoms with Gasteiger partial charge in [0.2, 0.25) is 0 Å². The zero-order valence-electron chi connectivity index (χ0n) is 11.0. The van der Waals surface area contributed by atoms with Gasteiger partial charge in [-0.25, -0.2) is 0 Å². The smallest absolute Gasteiger partial charge is 0.148 e. The van der Waals surface area contributed by atoms with Crippen molar-refractivity contribution in [1.82, 2.24) is 9.78 Å². The lowest BCUT2D eigenvalue weighted by molar-refractivity contribution is 0.457. The lowest BCUT2D eigenvalue weighted by Gasteiger charge is -2.09. The summed E-state index contributed by atoms with van der Waals surface area (Å²) in [4.78, 5) is 0. The van der Waals surface area contributed by atoms with Crippen molar-refractivity contribution >= 4 is 11.5 Å². The van der Waals surface area contributed by atoms with Crippen molar-refractivity contribution < 1.29 is 0 Å². The summed E-state index contributed by atoms with van der Waals surface area (Å²) >= 11 is 0. The third-order valence-corrected chi connectivity index (χ3v) is 4.57. The highest BCUT2D eigenvalue weighted by atomic mass is 15.3. The molecule has 0 radical (unpaired) electrons. The van der Waals surface area contributed by atoms with Gasteiger partial charge in [0.05, 0.1) is 11.4 Å². The third kappa shape index (κ3) is 1.25. The summed E-state index contributed by atoms with van der Waals surface area (Å²) in [5.41, 5.74) is 8.27. The van der Waals surface area contributed by atoms with Crippen LogP contribution < -0.4 is 11.1 Å². The molecule has 4 nitrogen and oxygen atoms in total. The lowest BCUT2D eigenvalue weighted by atomic mass is 10.0. The Balaban J connectivity index is 2.24. The van der Waals surface area contributed by atoms with Gasteiger partial charge in [-0.3, -0.25) is 4.68 Å². The van der Waals surface area contributed by atoms with E-state index in [-0.39, 0.29) is 0 Å². The molecule has 1 saturated carbocycles. The number of nitrogens with zero attached hydrogens (tertiary/aromatic N) is 2. The second-order valence-corrected chi connectivity index (χ2v) is 5.99. The molecule has 0 aliphatic heterocycles. The Hall–Kier alpha value is -1.19. The number of aromatic nitrogens is 2. The molecule has 1 aromatic heterocycles. The van der Waals surface area contributed by atoms with Gasteiger partial charge in [-0.15, -0.1) is 0 Å². The molecule has 3 N–H and O–H groups in total. The maximum atomic E-state index is 6.01. The van der Waals surface area contributed by atoms with E-state index in [9.17, 15) is 0 Å². The first-order valence-corrected chi connectivity index (χ1v) is 5.75. The third-order valence-electron chi connectivity index (χ3n) is 4.57. The summed E-state index contributed by atoms with van der Waals surface area (Å²) in [6.07, 6.45) is 0. The normalized spacial score (nSPS) is 22.1. The Bertz CT molecular complexity index is 414. The summed E-state index contributed by atoms with van der Waals surface area (Å²) in [5, 5.41) is 7.85. The first kappa shape index (κ1) is 11.3. The zero-order valence-corrected chi connectivity index (χ0v) is 11.0. The molecule has 90 valence electrons. The maximum Gasteiger partial charge on any atom is 0.148 e. The van der Waals surface area contributed by atoms with E-state index in [1.54, 1.807) is 0 Å². The molecule has 0 amide bonds. The van der Waals surface area contributed by atoms with E-state index in [1.165, 1.54) is 0 Å². The number of hydrogen-bond donors (Lipinski definition) is 2. The molecule has 0 bridgehead atoms. The van der Waals surface area contributed by atoms with E-state index >= 15 is 0 Å². The number of nitrogens with two attached hydrogens (primary N) is 1. The minimum Gasteiger partial charge on any atom is -0.394 e. The monoisotopic (exact) mass is 222 g/mol. The van der Waals surface area contributed by atoms with Gasteiger partial charge in [-0.1, -0.05) is 27.7 Å². The van der Waals surface area contributed by atoms with E-state index < -0.39 is 0 Å². The van der Waals surface area contributed by atoms with Gasteiger partial charge in [0, 0.05) is 13.1 Å². The van der Waals surface area contributed by atoms with Crippen LogP contribution in [0, 0.1) is 17.8 Å². The fourth-order valence-corrected chi connectivity index (χ4v) is 2.54. The van der Waals surface area contributed by atoms with Crippen LogP contribution in [0.5, 0.6) is 0 Å². The predicted molar refractivity (Wildman–Crippen MR) is 67.3 cm³/mol. The fourth-order valence-electron chi connectivity index (χ4n) is 2.54. The van der Waals surface area contributed by atoms with Crippen molar-refractivity contribution in [3.8, 4) is 0 Å². The molecule has 0 spiro atoms. The predicted octanol–water partition coefficient (Wildman–Crippen LogP) is 2.16. The van der Waals surface area contributed by atoms with Crippen molar-refractivity contribution in [1.29, 1.82) is 0 Å². The molecular formula is C12H22N4. The summed E-state index contributed by atoms with van der Waals surface area (Å²) in [6, 6.07) is 0.456. The number of rotatable bonds is 2. The van der Waals surface area contributed by atoms with E-state index in [0.717, 1.165) is 17.2 Å². The Kier molecular flexibility index (Phi) is 2.07. The van der Waals surface area contributed by atoms with E-state index in [2.05, 4.69) is 38.1 Å². The topological polar surface area (TPSA) is 55.9 Å². The SMILES string of the molecule is Cc1nn(C)c(NC2C(C)(C)C2(C)C)c1N. The summed E-state index contributed by atoms with van der Waals surface area (Å²) in [5.74, 6) is 0.946. The van der Waals surface area contributed by atoms with Crippen LogP contribution in [0.3, 0.4) is 0 Å². The van der Waals surface area contributed by atoms with Gasteiger partial charge in [-0.2, -0.15) is 5.10 Å². The van der Waals surface area contributed by atoms with Gasteiger partial charge in [0.15, 0.2) is 0 Å². The molecule has 1 heterocycles. The largest absolute Gasteiger partial charge is 0.394 e. The summed E-state index contributed by atoms with van der Waals surface area (Å²) in [6.45, 7) is 11.1. The van der Waals surface area contributed by atoms with E-state index in [4.69, 9.17) is 5.73 Å². The molecule has 2 rings (SSSR count). The Labute approximate surface area is 97.2 Å². The van der Waals surface area contributed by atoms with Crippen LogP contribution in [0.25, 0.3) is 0 Å². The molecule has 16 heavy (non-hydrogen) atoms. The van der Waals surface area contributed by atoms with Crippen molar-refractivity contribution in [2.45, 2.75) is 40.7 Å². The van der Waals surface area contributed by atoms with Crippen molar-refractivity contribution in [3.05, 3.63) is 5.69 Å². The second-order valence-electron chi connectivity index (χ2n) is 5.99. The maximum absolute atomic E-state index is 6.01. The fraction of sp³-hybridized carbons (Fsp3) is 0.750. The molecule has 0 aromatic carbocycles. The first-order valence-electron chi connectivity index (χ1n) is 5.75. The minimum absolute atomic E-state index is 0.303. The molecule has 0 atom stereocenters. The van der Waals surface area contributed by atoms with Crippen LogP contribution in [0.2, 0.25) is 0 Å². The number of hydrogen-bond acceptors (Lipinski definition) is 3. The quantitative estimate of drug-likeness (QED) is 0.806. The highest BCUT2D eigenvalue weighted by Crippen LogP contribution is 2.63. The standard InChI is InChI=1S/C12H22N4/c1-7-8(13)9(16(6)15-7)14-10-11(2,3)12(10,4)5/h10,14H,13H2,1-6H3. The highest BCUT2D eigenvalue weighted by molar-refractivity contribution is 5.66. The van der Waals surface area contributed by atoms with Gasteiger partial charge < -0.3 is 11.1 Å². The molecule has 1 aliphatic rings. The number of anilines is 2. The zero-order chi connectivity index (χ0) is 12.3. The number of aryl methyl sites for hydroxylation is 2. The van der Waals surface area contributed by atoms with Crippen LogP contribution in [-0.2, 0) is 7.05 Å². The highest BCUT2D eigenvalue weighted by Gasteiger charge is 2.65. The van der Waals surface area contributed by atoms with Gasteiger partial charge in [0.1, 0.15) is 5.82 Å².